The number of amides is 1. The summed E-state index contributed by atoms with van der Waals surface area (Å²) in [6.45, 7) is 3.48. The molecular formula is C23H29F3N6O2. The first-order valence-corrected chi connectivity index (χ1v) is 10.9. The summed E-state index contributed by atoms with van der Waals surface area (Å²) >= 11 is 0. The molecule has 1 aromatic rings. The molecule has 2 heterocycles. The van der Waals surface area contributed by atoms with Crippen molar-refractivity contribution in [3.8, 4) is 0 Å². The van der Waals surface area contributed by atoms with Crippen molar-refractivity contribution >= 4 is 29.2 Å². The van der Waals surface area contributed by atoms with Gasteiger partial charge in [0.2, 0.25) is 5.91 Å². The van der Waals surface area contributed by atoms with E-state index < -0.39 is 17.9 Å². The number of allylic oxidation sites excluding steroid dienone is 2. The van der Waals surface area contributed by atoms with Crippen LogP contribution in [0.4, 0.5) is 18.9 Å². The maximum absolute atomic E-state index is 14.9. The SMILES string of the molecule is CN=CC(=C(N)C(F)F)c1ccc(N=C(N)C2=C(N[C@H]3CCOC3)CCN(C(C)=O)C2)c(F)c1. The fourth-order valence-electron chi connectivity index (χ4n) is 3.85. The van der Waals surface area contributed by atoms with Gasteiger partial charge in [-0.1, -0.05) is 6.07 Å². The van der Waals surface area contributed by atoms with Crippen LogP contribution in [0.15, 0.2) is 45.2 Å². The zero-order valence-electron chi connectivity index (χ0n) is 19.2. The van der Waals surface area contributed by atoms with Gasteiger partial charge in [-0.2, -0.15) is 0 Å². The van der Waals surface area contributed by atoms with Gasteiger partial charge >= 0.3 is 0 Å². The second kappa shape index (κ2) is 11.2. The molecule has 0 saturated carbocycles. The summed E-state index contributed by atoms with van der Waals surface area (Å²) in [6.07, 6.45) is -0.357. The van der Waals surface area contributed by atoms with Gasteiger partial charge in [-0.3, -0.25) is 9.79 Å². The molecule has 34 heavy (non-hydrogen) atoms. The summed E-state index contributed by atoms with van der Waals surface area (Å²) in [4.78, 5) is 21.6. The summed E-state index contributed by atoms with van der Waals surface area (Å²) in [6, 6.07) is 3.95. The Morgan fingerprint density at radius 3 is 2.71 bits per heavy atom. The van der Waals surface area contributed by atoms with Gasteiger partial charge in [0.05, 0.1) is 24.9 Å². The number of carbonyl (C=O) groups excluding carboxylic acids is 1. The molecule has 1 amide bonds. The molecule has 2 aliphatic rings. The normalized spacial score (nSPS) is 20.4. The van der Waals surface area contributed by atoms with Gasteiger partial charge in [-0.25, -0.2) is 18.2 Å². The zero-order valence-corrected chi connectivity index (χ0v) is 19.2. The Bertz CT molecular complexity index is 1050. The minimum Gasteiger partial charge on any atom is -0.397 e. The van der Waals surface area contributed by atoms with Gasteiger partial charge in [0, 0.05) is 56.6 Å². The zero-order chi connectivity index (χ0) is 24.8. The monoisotopic (exact) mass is 478 g/mol. The summed E-state index contributed by atoms with van der Waals surface area (Å²) in [5.41, 5.74) is 12.5. The van der Waals surface area contributed by atoms with Crippen LogP contribution in [0.25, 0.3) is 5.57 Å². The maximum Gasteiger partial charge on any atom is 0.278 e. The van der Waals surface area contributed by atoms with Crippen molar-refractivity contribution in [3.63, 3.8) is 0 Å². The van der Waals surface area contributed by atoms with E-state index in [1.54, 1.807) is 4.90 Å². The quantitative estimate of drug-likeness (QED) is 0.411. The molecule has 0 spiro atoms. The fourth-order valence-corrected chi connectivity index (χ4v) is 3.85. The van der Waals surface area contributed by atoms with Crippen molar-refractivity contribution in [1.29, 1.82) is 0 Å². The second-order valence-corrected chi connectivity index (χ2v) is 8.07. The average Bonchev–Trinajstić information content (AvgIpc) is 3.31. The van der Waals surface area contributed by atoms with E-state index in [1.165, 1.54) is 26.1 Å². The van der Waals surface area contributed by atoms with Crippen molar-refractivity contribution in [2.45, 2.75) is 32.2 Å². The van der Waals surface area contributed by atoms with Crippen LogP contribution in [-0.4, -0.2) is 68.7 Å². The highest BCUT2D eigenvalue weighted by Crippen LogP contribution is 2.26. The maximum atomic E-state index is 14.9. The smallest absolute Gasteiger partial charge is 0.278 e. The Balaban J connectivity index is 1.95. The minimum atomic E-state index is -2.91. The van der Waals surface area contributed by atoms with Gasteiger partial charge in [-0.05, 0) is 24.1 Å². The number of alkyl halides is 2. The van der Waals surface area contributed by atoms with Crippen molar-refractivity contribution in [2.24, 2.45) is 21.5 Å². The molecule has 1 aromatic carbocycles. The Morgan fingerprint density at radius 1 is 1.35 bits per heavy atom. The molecule has 0 aliphatic carbocycles. The molecule has 0 radical (unpaired) electrons. The van der Waals surface area contributed by atoms with Crippen LogP contribution in [-0.2, 0) is 9.53 Å². The van der Waals surface area contributed by atoms with Crippen LogP contribution in [0.2, 0.25) is 0 Å². The Kier molecular flexibility index (Phi) is 8.32. The van der Waals surface area contributed by atoms with Crippen molar-refractivity contribution < 1.29 is 22.7 Å². The summed E-state index contributed by atoms with van der Waals surface area (Å²) < 4.78 is 46.5. The molecule has 8 nitrogen and oxygen atoms in total. The summed E-state index contributed by atoms with van der Waals surface area (Å²) in [7, 11) is 1.40. The molecule has 0 unspecified atom stereocenters. The molecule has 1 saturated heterocycles. The van der Waals surface area contributed by atoms with Crippen molar-refractivity contribution in [3.05, 3.63) is 46.5 Å². The molecule has 0 aromatic heterocycles. The van der Waals surface area contributed by atoms with E-state index in [9.17, 15) is 18.0 Å². The van der Waals surface area contributed by atoms with Crippen LogP contribution in [0.3, 0.4) is 0 Å². The lowest BCUT2D eigenvalue weighted by molar-refractivity contribution is -0.128. The van der Waals surface area contributed by atoms with Gasteiger partial charge in [0.25, 0.3) is 6.43 Å². The minimum absolute atomic E-state index is 0.0667. The first-order valence-electron chi connectivity index (χ1n) is 10.9. The summed E-state index contributed by atoms with van der Waals surface area (Å²) in [5.74, 6) is -0.794. The second-order valence-electron chi connectivity index (χ2n) is 8.07. The molecule has 1 fully saturated rings. The lowest BCUT2D eigenvalue weighted by Crippen LogP contribution is -2.43. The highest BCUT2D eigenvalue weighted by molar-refractivity contribution is 6.11. The number of nitrogens with zero attached hydrogens (tertiary/aromatic N) is 3. The first-order chi connectivity index (χ1) is 16.2. The van der Waals surface area contributed by atoms with E-state index in [0.29, 0.717) is 31.8 Å². The van der Waals surface area contributed by atoms with E-state index in [1.807, 2.05) is 0 Å². The highest BCUT2D eigenvalue weighted by atomic mass is 19.3. The number of ether oxygens (including phenoxy) is 1. The van der Waals surface area contributed by atoms with Crippen molar-refractivity contribution in [1.82, 2.24) is 10.2 Å². The Morgan fingerprint density at radius 2 is 2.12 bits per heavy atom. The number of hydrogen-bond acceptors (Lipinski definition) is 6. The molecule has 5 N–H and O–H groups in total. The number of benzene rings is 1. The van der Waals surface area contributed by atoms with Gasteiger partial charge in [0.1, 0.15) is 17.3 Å². The number of nitrogens with one attached hydrogen (secondary N) is 1. The van der Waals surface area contributed by atoms with E-state index in [-0.39, 0.29) is 41.2 Å². The third-order valence-electron chi connectivity index (χ3n) is 5.71. The average molecular weight is 479 g/mol. The van der Waals surface area contributed by atoms with Crippen LogP contribution < -0.4 is 16.8 Å². The van der Waals surface area contributed by atoms with E-state index in [0.717, 1.165) is 24.4 Å². The molecule has 3 rings (SSSR count). The summed E-state index contributed by atoms with van der Waals surface area (Å²) in [5, 5.41) is 3.43. The van der Waals surface area contributed by atoms with Crippen LogP contribution in [0, 0.1) is 5.82 Å². The van der Waals surface area contributed by atoms with Crippen LogP contribution in [0.5, 0.6) is 0 Å². The highest BCUT2D eigenvalue weighted by Gasteiger charge is 2.26. The topological polar surface area (TPSA) is 118 Å². The lowest BCUT2D eigenvalue weighted by atomic mass is 10.0. The van der Waals surface area contributed by atoms with Gasteiger partial charge in [0.15, 0.2) is 0 Å². The number of hydrogen-bond donors (Lipinski definition) is 3. The Labute approximate surface area is 196 Å². The van der Waals surface area contributed by atoms with E-state index in [4.69, 9.17) is 16.2 Å². The largest absolute Gasteiger partial charge is 0.397 e. The van der Waals surface area contributed by atoms with Gasteiger partial charge in [-0.15, -0.1) is 0 Å². The van der Waals surface area contributed by atoms with Gasteiger partial charge < -0.3 is 26.4 Å². The van der Waals surface area contributed by atoms with Crippen molar-refractivity contribution in [2.75, 3.05) is 33.4 Å². The first kappa shape index (κ1) is 25.3. The molecule has 11 heteroatoms. The number of amidine groups is 1. The molecule has 0 bridgehead atoms. The lowest BCUT2D eigenvalue weighted by Gasteiger charge is -2.31. The molecule has 1 atom stereocenters. The van der Waals surface area contributed by atoms with Crippen LogP contribution in [0.1, 0.15) is 25.3 Å². The van der Waals surface area contributed by atoms with Crippen LogP contribution >= 0.6 is 0 Å². The number of halogens is 3. The predicted molar refractivity (Wildman–Crippen MR) is 125 cm³/mol. The van der Waals surface area contributed by atoms with E-state index >= 15 is 0 Å². The number of rotatable bonds is 7. The number of carbonyl (C=O) groups is 1. The number of aliphatic imine (C=N–C) groups is 2. The third kappa shape index (κ3) is 5.96. The Hall–Kier alpha value is -3.34. The van der Waals surface area contributed by atoms with E-state index in [2.05, 4.69) is 15.3 Å². The molecule has 2 aliphatic heterocycles. The number of nitrogens with two attached hydrogens (primary N) is 2. The predicted octanol–water partition coefficient (Wildman–Crippen LogP) is 2.33. The molecular weight excluding hydrogens is 449 g/mol. The standard InChI is InChI=1S/C23H29F3N6O2/c1-13(33)32-7-5-19(30-15-6-8-34-12-15)17(11-32)23(28)31-20-4-3-14(9-18(20)24)16(10-29-2)21(27)22(25)26/h3-4,9-10,15,22,30H,5-8,11-12,27H2,1-2H3,(H2,28,31)/t15-/m0/s1. The fraction of sp³-hybridized carbons (Fsp3) is 0.435. The molecule has 184 valence electrons. The third-order valence-corrected chi connectivity index (χ3v) is 5.71.